The molecule has 2 rings (SSSR count). The van der Waals surface area contributed by atoms with Gasteiger partial charge in [-0.25, -0.2) is 4.98 Å². The maximum atomic E-state index is 11.9. The summed E-state index contributed by atoms with van der Waals surface area (Å²) in [5.41, 5.74) is 0.722. The van der Waals surface area contributed by atoms with Gasteiger partial charge in [0.15, 0.2) is 5.78 Å². The highest BCUT2D eigenvalue weighted by atomic mass is 16.2. The Morgan fingerprint density at radius 3 is 2.40 bits per heavy atom. The van der Waals surface area contributed by atoms with E-state index < -0.39 is 11.3 Å². The van der Waals surface area contributed by atoms with Crippen LogP contribution in [0, 0.1) is 5.41 Å². The molecule has 0 spiro atoms. The Bertz CT molecular complexity index is 662. The van der Waals surface area contributed by atoms with Crippen molar-refractivity contribution in [3.05, 3.63) is 30.1 Å². The van der Waals surface area contributed by atoms with Crippen LogP contribution in [0.3, 0.4) is 0 Å². The lowest BCUT2D eigenvalue weighted by atomic mass is 9.91. The zero-order valence-corrected chi connectivity index (χ0v) is 11.7. The number of para-hydroxylation sites is 1. The topological polar surface area (TPSA) is 84.8 Å². The van der Waals surface area contributed by atoms with Crippen LogP contribution in [0.15, 0.2) is 24.3 Å². The van der Waals surface area contributed by atoms with E-state index in [0.717, 1.165) is 0 Å². The number of ketones is 1. The van der Waals surface area contributed by atoms with Gasteiger partial charge in [0, 0.05) is 5.41 Å². The number of rotatable bonds is 3. The average Bonchev–Trinajstić information content (AvgIpc) is 2.42. The van der Waals surface area contributed by atoms with Crippen molar-refractivity contribution in [3.63, 3.8) is 0 Å². The molecule has 6 heteroatoms. The molecule has 1 heterocycles. The molecule has 0 radical (unpaired) electrons. The Balaban J connectivity index is 2.10. The second-order valence-corrected chi connectivity index (χ2v) is 5.48. The van der Waals surface area contributed by atoms with Crippen LogP contribution in [0.25, 0.3) is 11.0 Å². The van der Waals surface area contributed by atoms with Crippen LogP contribution in [0.4, 0.5) is 0 Å². The third kappa shape index (κ3) is 3.14. The number of nitrogens with zero attached hydrogens (tertiary/aromatic N) is 3. The molecule has 20 heavy (non-hydrogen) atoms. The van der Waals surface area contributed by atoms with Gasteiger partial charge in [-0.15, -0.1) is 10.2 Å². The number of fused-ring (bicyclic) bond motifs is 1. The van der Waals surface area contributed by atoms with E-state index in [0.29, 0.717) is 11.0 Å². The van der Waals surface area contributed by atoms with Gasteiger partial charge in [-0.3, -0.25) is 9.59 Å². The van der Waals surface area contributed by atoms with Crippen LogP contribution < -0.4 is 5.32 Å². The van der Waals surface area contributed by atoms with Gasteiger partial charge in [-0.1, -0.05) is 32.9 Å². The van der Waals surface area contributed by atoms with Crippen molar-refractivity contribution in [2.24, 2.45) is 5.41 Å². The van der Waals surface area contributed by atoms with Crippen LogP contribution in [-0.4, -0.2) is 33.4 Å². The van der Waals surface area contributed by atoms with E-state index in [-0.39, 0.29) is 18.2 Å². The van der Waals surface area contributed by atoms with Crippen LogP contribution in [0.2, 0.25) is 0 Å². The van der Waals surface area contributed by atoms with Crippen LogP contribution in [0.1, 0.15) is 31.4 Å². The number of hydrogen-bond donors (Lipinski definition) is 1. The second-order valence-electron chi connectivity index (χ2n) is 5.48. The molecule has 0 aliphatic rings. The third-order valence-corrected chi connectivity index (χ3v) is 2.81. The van der Waals surface area contributed by atoms with Gasteiger partial charge >= 0.3 is 0 Å². The van der Waals surface area contributed by atoms with Crippen molar-refractivity contribution >= 4 is 22.7 Å². The van der Waals surface area contributed by atoms with Crippen LogP contribution in [-0.2, 0) is 4.79 Å². The summed E-state index contributed by atoms with van der Waals surface area (Å²) in [5.74, 6) is -0.592. The Morgan fingerprint density at radius 1 is 1.10 bits per heavy atom. The summed E-state index contributed by atoms with van der Waals surface area (Å²) < 4.78 is 0. The zero-order valence-electron chi connectivity index (χ0n) is 11.7. The van der Waals surface area contributed by atoms with Crippen molar-refractivity contribution < 1.29 is 9.59 Å². The summed E-state index contributed by atoms with van der Waals surface area (Å²) in [5, 5.41) is 10.2. The van der Waals surface area contributed by atoms with Gasteiger partial charge in [0.25, 0.3) is 5.91 Å². The molecule has 1 aromatic heterocycles. The van der Waals surface area contributed by atoms with Crippen molar-refractivity contribution in [3.8, 4) is 0 Å². The van der Waals surface area contributed by atoms with Crippen LogP contribution >= 0.6 is 0 Å². The Kier molecular flexibility index (Phi) is 3.74. The maximum absolute atomic E-state index is 11.9. The molecule has 0 saturated heterocycles. The summed E-state index contributed by atoms with van der Waals surface area (Å²) in [6.45, 7) is 5.36. The van der Waals surface area contributed by atoms with E-state index >= 15 is 0 Å². The van der Waals surface area contributed by atoms with Gasteiger partial charge in [-0.2, -0.15) is 0 Å². The molecule has 0 atom stereocenters. The lowest BCUT2D eigenvalue weighted by molar-refractivity contribution is -0.125. The number of carbonyl (C=O) groups is 2. The van der Waals surface area contributed by atoms with E-state index in [9.17, 15) is 9.59 Å². The quantitative estimate of drug-likeness (QED) is 0.912. The first kappa shape index (κ1) is 14.0. The van der Waals surface area contributed by atoms with Crippen molar-refractivity contribution in [2.45, 2.75) is 20.8 Å². The zero-order chi connectivity index (χ0) is 14.8. The highest BCUT2D eigenvalue weighted by molar-refractivity contribution is 5.95. The lowest BCUT2D eigenvalue weighted by Gasteiger charge is -2.16. The minimum atomic E-state index is -0.499. The number of hydrogen-bond acceptors (Lipinski definition) is 5. The van der Waals surface area contributed by atoms with Crippen LogP contribution in [0.5, 0.6) is 0 Å². The Morgan fingerprint density at radius 2 is 1.75 bits per heavy atom. The average molecular weight is 272 g/mol. The van der Waals surface area contributed by atoms with Gasteiger partial charge < -0.3 is 5.32 Å². The van der Waals surface area contributed by atoms with Gasteiger partial charge in [0.05, 0.1) is 12.1 Å². The van der Waals surface area contributed by atoms with Gasteiger partial charge in [0.1, 0.15) is 5.52 Å². The molecule has 2 aromatic rings. The molecular formula is C14H16N4O2. The molecule has 104 valence electrons. The number of Topliss-reactive ketones (excluding diaryl/α,β-unsaturated/α-hetero) is 1. The monoisotopic (exact) mass is 272 g/mol. The fourth-order valence-electron chi connectivity index (χ4n) is 1.48. The Labute approximate surface area is 116 Å². The lowest BCUT2D eigenvalue weighted by Crippen LogP contribution is -2.36. The maximum Gasteiger partial charge on any atom is 0.291 e. The predicted molar refractivity (Wildman–Crippen MR) is 74.1 cm³/mol. The standard InChI is InChI=1S/C14H16N4O2/c1-14(2,3)11(19)8-15-13(20)12-16-9-6-4-5-7-10(9)17-18-12/h4-7H,8H2,1-3H3,(H,15,20). The smallest absolute Gasteiger partial charge is 0.291 e. The fraction of sp³-hybridized carbons (Fsp3) is 0.357. The number of aromatic nitrogens is 3. The molecule has 0 unspecified atom stereocenters. The summed E-state index contributed by atoms with van der Waals surface area (Å²) in [7, 11) is 0. The minimum absolute atomic E-state index is 0.0367. The molecule has 6 nitrogen and oxygen atoms in total. The van der Waals surface area contributed by atoms with E-state index in [1.165, 1.54) is 0 Å². The highest BCUT2D eigenvalue weighted by Crippen LogP contribution is 2.13. The van der Waals surface area contributed by atoms with E-state index in [1.807, 2.05) is 12.1 Å². The molecule has 1 amide bonds. The first-order valence-electron chi connectivity index (χ1n) is 6.29. The predicted octanol–water partition coefficient (Wildman–Crippen LogP) is 1.37. The first-order valence-corrected chi connectivity index (χ1v) is 6.29. The molecule has 0 aliphatic heterocycles. The highest BCUT2D eigenvalue weighted by Gasteiger charge is 2.22. The van der Waals surface area contributed by atoms with Gasteiger partial charge in [-0.05, 0) is 12.1 Å². The molecule has 0 aliphatic carbocycles. The molecular weight excluding hydrogens is 256 g/mol. The van der Waals surface area contributed by atoms with E-state index in [1.54, 1.807) is 32.9 Å². The summed E-state index contributed by atoms with van der Waals surface area (Å²) in [4.78, 5) is 27.8. The number of amides is 1. The molecule has 0 bridgehead atoms. The van der Waals surface area contributed by atoms with E-state index in [2.05, 4.69) is 20.5 Å². The third-order valence-electron chi connectivity index (χ3n) is 2.81. The Hall–Kier alpha value is -2.37. The largest absolute Gasteiger partial charge is 0.342 e. The second kappa shape index (κ2) is 5.32. The van der Waals surface area contributed by atoms with Crippen molar-refractivity contribution in [1.29, 1.82) is 0 Å². The number of nitrogens with one attached hydrogen (secondary N) is 1. The summed E-state index contributed by atoms with van der Waals surface area (Å²) >= 11 is 0. The van der Waals surface area contributed by atoms with Gasteiger partial charge in [0.2, 0.25) is 5.82 Å². The normalized spacial score (nSPS) is 11.3. The minimum Gasteiger partial charge on any atom is -0.342 e. The number of carbonyl (C=O) groups excluding carboxylic acids is 2. The molecule has 1 N–H and O–H groups in total. The SMILES string of the molecule is CC(C)(C)C(=O)CNC(=O)c1nnc2ccccc2n1. The fourth-order valence-corrected chi connectivity index (χ4v) is 1.48. The first-order chi connectivity index (χ1) is 9.38. The summed E-state index contributed by atoms with van der Waals surface area (Å²) in [6, 6.07) is 7.14. The number of benzene rings is 1. The van der Waals surface area contributed by atoms with Crippen molar-refractivity contribution in [1.82, 2.24) is 20.5 Å². The molecule has 0 saturated carbocycles. The van der Waals surface area contributed by atoms with Crippen molar-refractivity contribution in [2.75, 3.05) is 6.54 Å². The van der Waals surface area contributed by atoms with E-state index in [4.69, 9.17) is 0 Å². The summed E-state index contributed by atoms with van der Waals surface area (Å²) in [6.07, 6.45) is 0. The molecule has 1 aromatic carbocycles. The molecule has 0 fully saturated rings.